The molecule has 0 spiro atoms. The summed E-state index contributed by atoms with van der Waals surface area (Å²) in [5.41, 5.74) is -0.444. The Labute approximate surface area is 78.2 Å². The summed E-state index contributed by atoms with van der Waals surface area (Å²) in [7, 11) is 0. The van der Waals surface area contributed by atoms with Crippen molar-refractivity contribution in [3.63, 3.8) is 0 Å². The van der Waals surface area contributed by atoms with E-state index in [9.17, 15) is 9.18 Å². The lowest BCUT2D eigenvalue weighted by Crippen LogP contribution is -1.99. The molecule has 0 aromatic rings. The first-order valence-corrected chi connectivity index (χ1v) is 3.91. The van der Waals surface area contributed by atoms with Crippen LogP contribution in [0.3, 0.4) is 0 Å². The minimum Gasteiger partial charge on any atom is -0.478 e. The molecule has 1 N–H and O–H groups in total. The van der Waals surface area contributed by atoms with Gasteiger partial charge in [0.25, 0.3) is 0 Å². The topological polar surface area (TPSA) is 37.3 Å². The number of hydrogen-bond acceptors (Lipinski definition) is 1. The van der Waals surface area contributed by atoms with E-state index in [4.69, 9.17) is 5.11 Å². The number of carboxylic acid groups (broad SMARTS) is 1. The van der Waals surface area contributed by atoms with Crippen LogP contribution in [0, 0.1) is 0 Å². The molecule has 0 aliphatic rings. The Bertz CT molecular complexity index is 266. The van der Waals surface area contributed by atoms with E-state index in [1.807, 2.05) is 0 Å². The third-order valence-electron chi connectivity index (χ3n) is 1.13. The van der Waals surface area contributed by atoms with Crippen molar-refractivity contribution in [3.05, 3.63) is 34.6 Å². The molecule has 4 heteroatoms. The van der Waals surface area contributed by atoms with Gasteiger partial charge in [0.1, 0.15) is 0 Å². The van der Waals surface area contributed by atoms with Gasteiger partial charge in [0.2, 0.25) is 0 Å². The summed E-state index contributed by atoms with van der Waals surface area (Å²) in [6.07, 6.45) is 2.38. The molecule has 0 amide bonds. The van der Waals surface area contributed by atoms with Crippen molar-refractivity contribution in [1.82, 2.24) is 0 Å². The second kappa shape index (κ2) is 4.87. The molecule has 0 heterocycles. The highest BCUT2D eigenvalue weighted by Crippen LogP contribution is 2.22. The minimum absolute atomic E-state index is 0.111. The molecule has 2 nitrogen and oxygen atoms in total. The van der Waals surface area contributed by atoms with Crippen molar-refractivity contribution in [2.24, 2.45) is 0 Å². The van der Waals surface area contributed by atoms with Crippen molar-refractivity contribution in [2.45, 2.75) is 6.92 Å². The van der Waals surface area contributed by atoms with E-state index in [0.29, 0.717) is 0 Å². The zero-order chi connectivity index (χ0) is 9.72. The van der Waals surface area contributed by atoms with E-state index in [-0.39, 0.29) is 4.48 Å². The van der Waals surface area contributed by atoms with E-state index in [1.54, 1.807) is 6.92 Å². The molecule has 0 radical (unpaired) electrons. The molecule has 0 aromatic heterocycles. The molecule has 0 saturated heterocycles. The molecule has 0 saturated carbocycles. The van der Waals surface area contributed by atoms with Crippen molar-refractivity contribution >= 4 is 21.9 Å². The van der Waals surface area contributed by atoms with Crippen LogP contribution in [0.25, 0.3) is 0 Å². The Morgan fingerprint density at radius 3 is 2.42 bits per heavy atom. The quantitative estimate of drug-likeness (QED) is 0.603. The maximum absolute atomic E-state index is 13.0. The van der Waals surface area contributed by atoms with Gasteiger partial charge in [0.15, 0.2) is 5.83 Å². The molecule has 0 fully saturated rings. The third-order valence-corrected chi connectivity index (χ3v) is 1.94. The van der Waals surface area contributed by atoms with Crippen LogP contribution in [0.15, 0.2) is 34.6 Å². The Kier molecular flexibility index (Phi) is 4.51. The van der Waals surface area contributed by atoms with Crippen molar-refractivity contribution in [1.29, 1.82) is 0 Å². The fourth-order valence-corrected chi connectivity index (χ4v) is 0.740. The lowest BCUT2D eigenvalue weighted by molar-refractivity contribution is -0.132. The SMILES string of the molecule is C=C/C(C(=O)O)=C(F)\C(Br)=C/C. The van der Waals surface area contributed by atoms with E-state index in [1.165, 1.54) is 6.08 Å². The molecule has 0 unspecified atom stereocenters. The third kappa shape index (κ3) is 2.62. The van der Waals surface area contributed by atoms with Crippen LogP contribution < -0.4 is 0 Å². The summed E-state index contributed by atoms with van der Waals surface area (Å²) in [5, 5.41) is 8.47. The average Bonchev–Trinajstić information content (AvgIpc) is 2.03. The summed E-state index contributed by atoms with van der Waals surface area (Å²) in [6.45, 7) is 4.78. The zero-order valence-electron chi connectivity index (χ0n) is 6.47. The predicted molar refractivity (Wildman–Crippen MR) is 48.7 cm³/mol. The molecular formula is C8H8BrFO2. The molecule has 0 aliphatic carbocycles. The van der Waals surface area contributed by atoms with Gasteiger partial charge in [0, 0.05) is 4.48 Å². The highest BCUT2D eigenvalue weighted by atomic mass is 79.9. The maximum Gasteiger partial charge on any atom is 0.338 e. The van der Waals surface area contributed by atoms with E-state index < -0.39 is 17.4 Å². The summed E-state index contributed by atoms with van der Waals surface area (Å²) in [5.74, 6) is -2.15. The Morgan fingerprint density at radius 1 is 1.67 bits per heavy atom. The predicted octanol–water partition coefficient (Wildman–Crippen LogP) is 2.78. The molecule has 0 bridgehead atoms. The highest BCUT2D eigenvalue weighted by Gasteiger charge is 2.12. The zero-order valence-corrected chi connectivity index (χ0v) is 8.06. The molecular weight excluding hydrogens is 227 g/mol. The first-order valence-electron chi connectivity index (χ1n) is 3.12. The molecule has 0 rings (SSSR count). The minimum atomic E-state index is -1.33. The monoisotopic (exact) mass is 234 g/mol. The van der Waals surface area contributed by atoms with Gasteiger partial charge in [-0.1, -0.05) is 18.7 Å². The van der Waals surface area contributed by atoms with Gasteiger partial charge in [-0.15, -0.1) is 0 Å². The second-order valence-corrected chi connectivity index (χ2v) is 2.73. The van der Waals surface area contributed by atoms with Gasteiger partial charge in [-0.05, 0) is 22.9 Å². The number of allylic oxidation sites excluding steroid dienone is 3. The molecule has 0 atom stereocenters. The van der Waals surface area contributed by atoms with Gasteiger partial charge in [-0.25, -0.2) is 9.18 Å². The van der Waals surface area contributed by atoms with Gasteiger partial charge >= 0.3 is 5.97 Å². The number of carbonyl (C=O) groups is 1. The Balaban J connectivity index is 5.12. The number of halogens is 2. The Morgan fingerprint density at radius 2 is 2.17 bits per heavy atom. The van der Waals surface area contributed by atoms with Crippen LogP contribution in [-0.4, -0.2) is 11.1 Å². The summed E-state index contributed by atoms with van der Waals surface area (Å²) < 4.78 is 13.1. The summed E-state index contributed by atoms with van der Waals surface area (Å²) in [4.78, 5) is 10.4. The highest BCUT2D eigenvalue weighted by molar-refractivity contribution is 9.11. The molecule has 0 aliphatic heterocycles. The first kappa shape index (κ1) is 11.1. The van der Waals surface area contributed by atoms with Gasteiger partial charge in [0.05, 0.1) is 5.57 Å². The summed E-state index contributed by atoms with van der Waals surface area (Å²) in [6, 6.07) is 0. The molecule has 66 valence electrons. The standard InChI is InChI=1S/C8H8BrFO2/c1-3-5(8(11)12)7(10)6(9)4-2/h3-4H,1H2,2H3,(H,11,12)/b6-4+,7-5-. The lowest BCUT2D eigenvalue weighted by Gasteiger charge is -1.97. The van der Waals surface area contributed by atoms with Gasteiger partial charge in [-0.3, -0.25) is 0 Å². The van der Waals surface area contributed by atoms with Crippen LogP contribution in [0.1, 0.15) is 6.92 Å². The normalized spacial score (nSPS) is 13.8. The van der Waals surface area contributed by atoms with Gasteiger partial charge < -0.3 is 5.11 Å². The average molecular weight is 235 g/mol. The van der Waals surface area contributed by atoms with Gasteiger partial charge in [-0.2, -0.15) is 0 Å². The Hall–Kier alpha value is -0.900. The summed E-state index contributed by atoms with van der Waals surface area (Å²) >= 11 is 2.87. The van der Waals surface area contributed by atoms with E-state index >= 15 is 0 Å². The number of carboxylic acids is 1. The largest absolute Gasteiger partial charge is 0.478 e. The number of rotatable bonds is 3. The van der Waals surface area contributed by atoms with E-state index in [0.717, 1.165) is 6.08 Å². The van der Waals surface area contributed by atoms with Crippen LogP contribution in [0.2, 0.25) is 0 Å². The number of aliphatic carboxylic acids is 1. The van der Waals surface area contributed by atoms with Crippen LogP contribution in [0.5, 0.6) is 0 Å². The number of hydrogen-bond donors (Lipinski definition) is 1. The fraction of sp³-hybridized carbons (Fsp3) is 0.125. The maximum atomic E-state index is 13.0. The van der Waals surface area contributed by atoms with E-state index in [2.05, 4.69) is 22.5 Å². The van der Waals surface area contributed by atoms with Crippen LogP contribution in [-0.2, 0) is 4.79 Å². The lowest BCUT2D eigenvalue weighted by atomic mass is 10.2. The van der Waals surface area contributed by atoms with Crippen molar-refractivity contribution in [3.8, 4) is 0 Å². The second-order valence-electron chi connectivity index (χ2n) is 1.87. The van der Waals surface area contributed by atoms with Crippen molar-refractivity contribution < 1.29 is 14.3 Å². The van der Waals surface area contributed by atoms with Crippen molar-refractivity contribution in [2.75, 3.05) is 0 Å². The van der Waals surface area contributed by atoms with Crippen LogP contribution in [0.4, 0.5) is 4.39 Å². The first-order chi connectivity index (χ1) is 5.54. The fourth-order valence-electron chi connectivity index (χ4n) is 0.526. The smallest absolute Gasteiger partial charge is 0.338 e. The molecule has 0 aromatic carbocycles. The molecule has 12 heavy (non-hydrogen) atoms. The van der Waals surface area contributed by atoms with Crippen LogP contribution >= 0.6 is 15.9 Å².